The lowest BCUT2D eigenvalue weighted by Crippen LogP contribution is -2.48. The summed E-state index contributed by atoms with van der Waals surface area (Å²) < 4.78 is 23.7. The van der Waals surface area contributed by atoms with Crippen LogP contribution in [0.15, 0.2) is 0 Å². The van der Waals surface area contributed by atoms with Crippen LogP contribution in [0.3, 0.4) is 0 Å². The average molecular weight is 206 g/mol. The van der Waals surface area contributed by atoms with E-state index in [0.717, 1.165) is 12.8 Å². The summed E-state index contributed by atoms with van der Waals surface area (Å²) in [5.41, 5.74) is -0.202. The van der Waals surface area contributed by atoms with Crippen LogP contribution in [0.1, 0.15) is 26.7 Å². The van der Waals surface area contributed by atoms with Gasteiger partial charge in [0, 0.05) is 12.1 Å². The van der Waals surface area contributed by atoms with Crippen LogP contribution >= 0.6 is 0 Å². The van der Waals surface area contributed by atoms with Gasteiger partial charge in [-0.3, -0.25) is 0 Å². The minimum Gasteiger partial charge on any atom is -0.332 e. The zero-order valence-electron chi connectivity index (χ0n) is 8.52. The molecule has 0 aliphatic carbocycles. The average Bonchev–Trinajstić information content (AvgIpc) is 2.41. The SMILES string of the molecule is CC1(C)CCCN1C(=O)NCC(F)F. The molecule has 0 bridgehead atoms. The van der Waals surface area contributed by atoms with Gasteiger partial charge in [0.2, 0.25) is 0 Å². The Morgan fingerprint density at radius 1 is 1.57 bits per heavy atom. The number of carbonyl (C=O) groups is 1. The summed E-state index contributed by atoms with van der Waals surface area (Å²) in [7, 11) is 0. The van der Waals surface area contributed by atoms with Gasteiger partial charge in [-0.1, -0.05) is 0 Å². The molecule has 0 radical (unpaired) electrons. The normalized spacial score (nSPS) is 20.2. The topological polar surface area (TPSA) is 32.3 Å². The van der Waals surface area contributed by atoms with Gasteiger partial charge < -0.3 is 10.2 Å². The molecule has 0 aromatic heterocycles. The number of nitrogens with zero attached hydrogens (tertiary/aromatic N) is 1. The Bertz CT molecular complexity index is 219. The first-order valence-corrected chi connectivity index (χ1v) is 4.77. The highest BCUT2D eigenvalue weighted by molar-refractivity contribution is 5.75. The van der Waals surface area contributed by atoms with Crippen molar-refractivity contribution in [3.05, 3.63) is 0 Å². The van der Waals surface area contributed by atoms with Gasteiger partial charge in [0.25, 0.3) is 6.43 Å². The highest BCUT2D eigenvalue weighted by Crippen LogP contribution is 2.27. The molecule has 1 heterocycles. The van der Waals surface area contributed by atoms with E-state index in [1.165, 1.54) is 0 Å². The Kier molecular flexibility index (Phi) is 3.29. The van der Waals surface area contributed by atoms with E-state index in [9.17, 15) is 13.6 Å². The zero-order chi connectivity index (χ0) is 10.8. The zero-order valence-corrected chi connectivity index (χ0v) is 8.52. The Morgan fingerprint density at radius 3 is 2.64 bits per heavy atom. The summed E-state index contributed by atoms with van der Waals surface area (Å²) >= 11 is 0. The van der Waals surface area contributed by atoms with Crippen molar-refractivity contribution in [3.63, 3.8) is 0 Å². The summed E-state index contributed by atoms with van der Waals surface area (Å²) in [6.45, 7) is 3.98. The van der Waals surface area contributed by atoms with Crippen molar-refractivity contribution < 1.29 is 13.6 Å². The summed E-state index contributed by atoms with van der Waals surface area (Å²) in [5, 5.41) is 2.22. The van der Waals surface area contributed by atoms with E-state index in [-0.39, 0.29) is 11.6 Å². The molecule has 1 N–H and O–H groups in total. The summed E-state index contributed by atoms with van der Waals surface area (Å²) in [5.74, 6) is 0. The van der Waals surface area contributed by atoms with Crippen molar-refractivity contribution in [1.29, 1.82) is 0 Å². The molecule has 1 rings (SSSR count). The number of amides is 2. The molecular weight excluding hydrogens is 190 g/mol. The fraction of sp³-hybridized carbons (Fsp3) is 0.889. The van der Waals surface area contributed by atoms with Crippen LogP contribution in [0.5, 0.6) is 0 Å². The highest BCUT2D eigenvalue weighted by atomic mass is 19.3. The molecule has 82 valence electrons. The van der Waals surface area contributed by atoms with Crippen molar-refractivity contribution in [2.45, 2.75) is 38.7 Å². The Hall–Kier alpha value is -0.870. The largest absolute Gasteiger partial charge is 0.332 e. The fourth-order valence-electron chi connectivity index (χ4n) is 1.74. The van der Waals surface area contributed by atoms with Crippen molar-refractivity contribution in [3.8, 4) is 0 Å². The number of likely N-dealkylation sites (tertiary alicyclic amines) is 1. The molecule has 0 spiro atoms. The predicted molar refractivity (Wildman–Crippen MR) is 49.4 cm³/mol. The van der Waals surface area contributed by atoms with Gasteiger partial charge in [0.05, 0.1) is 6.54 Å². The lowest BCUT2D eigenvalue weighted by Gasteiger charge is -2.31. The molecule has 0 aromatic rings. The van der Waals surface area contributed by atoms with Gasteiger partial charge in [-0.15, -0.1) is 0 Å². The number of rotatable bonds is 2. The number of carbonyl (C=O) groups excluding carboxylic acids is 1. The van der Waals surface area contributed by atoms with Gasteiger partial charge in [0.1, 0.15) is 0 Å². The molecule has 1 saturated heterocycles. The number of nitrogens with one attached hydrogen (secondary N) is 1. The van der Waals surface area contributed by atoms with Crippen LogP contribution in [0.4, 0.5) is 13.6 Å². The smallest absolute Gasteiger partial charge is 0.318 e. The van der Waals surface area contributed by atoms with E-state index in [0.29, 0.717) is 6.54 Å². The molecule has 2 amide bonds. The lowest BCUT2D eigenvalue weighted by molar-refractivity contribution is 0.131. The van der Waals surface area contributed by atoms with Crippen LogP contribution in [-0.4, -0.2) is 36.0 Å². The van der Waals surface area contributed by atoms with Gasteiger partial charge in [-0.2, -0.15) is 0 Å². The fourth-order valence-corrected chi connectivity index (χ4v) is 1.74. The number of hydrogen-bond donors (Lipinski definition) is 1. The molecule has 14 heavy (non-hydrogen) atoms. The first-order valence-electron chi connectivity index (χ1n) is 4.77. The third kappa shape index (κ3) is 2.56. The second-order valence-electron chi connectivity index (χ2n) is 4.14. The number of hydrogen-bond acceptors (Lipinski definition) is 1. The summed E-state index contributed by atoms with van der Waals surface area (Å²) in [6, 6.07) is -0.382. The minimum absolute atomic E-state index is 0.202. The standard InChI is InChI=1S/C9H16F2N2O/c1-9(2)4-3-5-13(9)8(14)12-6-7(10)11/h7H,3-6H2,1-2H3,(H,12,14). The van der Waals surface area contributed by atoms with Crippen molar-refractivity contribution >= 4 is 6.03 Å². The molecule has 1 aliphatic heterocycles. The lowest BCUT2D eigenvalue weighted by atomic mass is 10.0. The third-order valence-electron chi connectivity index (χ3n) is 2.55. The summed E-state index contributed by atoms with van der Waals surface area (Å²) in [6.07, 6.45) is -0.617. The Morgan fingerprint density at radius 2 is 2.21 bits per heavy atom. The van der Waals surface area contributed by atoms with E-state index in [1.54, 1.807) is 4.90 Å². The first-order chi connectivity index (χ1) is 6.43. The van der Waals surface area contributed by atoms with Gasteiger partial charge in [-0.05, 0) is 26.7 Å². The predicted octanol–water partition coefficient (Wildman–Crippen LogP) is 1.84. The van der Waals surface area contributed by atoms with Crippen LogP contribution in [0, 0.1) is 0 Å². The van der Waals surface area contributed by atoms with E-state index >= 15 is 0 Å². The minimum atomic E-state index is -2.48. The third-order valence-corrected chi connectivity index (χ3v) is 2.55. The molecule has 0 saturated carbocycles. The van der Waals surface area contributed by atoms with Crippen molar-refractivity contribution in [2.24, 2.45) is 0 Å². The molecule has 5 heteroatoms. The maximum Gasteiger partial charge on any atom is 0.318 e. The maximum absolute atomic E-state index is 11.8. The van der Waals surface area contributed by atoms with E-state index in [4.69, 9.17) is 0 Å². The monoisotopic (exact) mass is 206 g/mol. The Balaban J connectivity index is 2.44. The summed E-state index contributed by atoms with van der Waals surface area (Å²) in [4.78, 5) is 13.1. The molecular formula is C9H16F2N2O. The molecule has 0 unspecified atom stereocenters. The second-order valence-corrected chi connectivity index (χ2v) is 4.14. The molecule has 0 aromatic carbocycles. The van der Waals surface area contributed by atoms with Crippen LogP contribution in [0.2, 0.25) is 0 Å². The van der Waals surface area contributed by atoms with Gasteiger partial charge in [-0.25, -0.2) is 13.6 Å². The number of urea groups is 1. The maximum atomic E-state index is 11.8. The van der Waals surface area contributed by atoms with Gasteiger partial charge in [0.15, 0.2) is 0 Å². The van der Waals surface area contributed by atoms with E-state index in [2.05, 4.69) is 5.32 Å². The first kappa shape index (κ1) is 11.2. The highest BCUT2D eigenvalue weighted by Gasteiger charge is 2.35. The molecule has 0 atom stereocenters. The Labute approximate surface area is 82.5 Å². The van der Waals surface area contributed by atoms with Crippen molar-refractivity contribution in [1.82, 2.24) is 10.2 Å². The van der Waals surface area contributed by atoms with E-state index < -0.39 is 13.0 Å². The van der Waals surface area contributed by atoms with Gasteiger partial charge >= 0.3 is 6.03 Å². The number of halogens is 2. The van der Waals surface area contributed by atoms with Crippen LogP contribution in [-0.2, 0) is 0 Å². The van der Waals surface area contributed by atoms with Crippen molar-refractivity contribution in [2.75, 3.05) is 13.1 Å². The second kappa shape index (κ2) is 4.11. The molecule has 1 aliphatic rings. The molecule has 3 nitrogen and oxygen atoms in total. The quantitative estimate of drug-likeness (QED) is 0.734. The van der Waals surface area contributed by atoms with Crippen LogP contribution < -0.4 is 5.32 Å². The molecule has 1 fully saturated rings. The van der Waals surface area contributed by atoms with Crippen LogP contribution in [0.25, 0.3) is 0 Å². The van der Waals surface area contributed by atoms with E-state index in [1.807, 2.05) is 13.8 Å². The number of alkyl halides is 2.